The summed E-state index contributed by atoms with van der Waals surface area (Å²) >= 11 is 0. The van der Waals surface area contributed by atoms with Crippen LogP contribution in [0.4, 0.5) is 0 Å². The molecule has 0 unspecified atom stereocenters. The minimum atomic E-state index is 0. The van der Waals surface area contributed by atoms with Crippen molar-refractivity contribution >= 4 is 0 Å². The van der Waals surface area contributed by atoms with Gasteiger partial charge >= 0.3 is 34.1 Å². The molecule has 0 atom stereocenters. The molecular formula is C12H8Cu2N10. The van der Waals surface area contributed by atoms with E-state index in [9.17, 15) is 0 Å². The van der Waals surface area contributed by atoms with Crippen molar-refractivity contribution in [3.8, 4) is 22.8 Å². The standard InChI is InChI=1S/2C6H4N5.2Cu/c2*1-2-5(4-7-3-1)6-8-10-11-9-6;;/h2*1-4H;;/q2*-1;2*+1. The number of pyridine rings is 2. The van der Waals surface area contributed by atoms with E-state index in [1.165, 1.54) is 0 Å². The van der Waals surface area contributed by atoms with E-state index in [1.807, 2.05) is 24.3 Å². The second-order valence-electron chi connectivity index (χ2n) is 3.89. The van der Waals surface area contributed by atoms with Crippen LogP contribution in [-0.2, 0) is 34.1 Å². The summed E-state index contributed by atoms with van der Waals surface area (Å²) in [6.45, 7) is 0. The van der Waals surface area contributed by atoms with Crippen molar-refractivity contribution in [1.82, 2.24) is 51.2 Å². The predicted molar refractivity (Wildman–Crippen MR) is 72.8 cm³/mol. The number of nitrogens with zero attached hydrogens (tertiary/aromatic N) is 10. The Balaban J connectivity index is 0.000000222. The first-order valence-electron chi connectivity index (χ1n) is 6.12. The molecule has 0 aliphatic rings. The van der Waals surface area contributed by atoms with Gasteiger partial charge in [-0.1, -0.05) is 12.1 Å². The quantitative estimate of drug-likeness (QED) is 0.402. The molecule has 0 amide bonds. The summed E-state index contributed by atoms with van der Waals surface area (Å²) in [6.07, 6.45) is 6.71. The van der Waals surface area contributed by atoms with E-state index in [-0.39, 0.29) is 34.1 Å². The van der Waals surface area contributed by atoms with Crippen LogP contribution in [0, 0.1) is 0 Å². The number of hydrogen-bond donors (Lipinski definition) is 0. The third-order valence-corrected chi connectivity index (χ3v) is 2.48. The van der Waals surface area contributed by atoms with E-state index < -0.39 is 0 Å². The van der Waals surface area contributed by atoms with Crippen molar-refractivity contribution in [2.24, 2.45) is 0 Å². The molecule has 4 aromatic heterocycles. The van der Waals surface area contributed by atoms with Crippen molar-refractivity contribution in [2.45, 2.75) is 0 Å². The molecule has 0 saturated heterocycles. The minimum Gasteiger partial charge on any atom is -0.330 e. The molecular weight excluding hydrogens is 411 g/mol. The second-order valence-corrected chi connectivity index (χ2v) is 3.89. The van der Waals surface area contributed by atoms with E-state index >= 15 is 0 Å². The van der Waals surface area contributed by atoms with Crippen LogP contribution in [0.15, 0.2) is 49.1 Å². The molecule has 0 radical (unpaired) electrons. The average Bonchev–Trinajstić information content (AvgIpc) is 3.31. The maximum Gasteiger partial charge on any atom is 1.00 e. The molecule has 0 spiro atoms. The van der Waals surface area contributed by atoms with Gasteiger partial charge in [0.05, 0.1) is 0 Å². The van der Waals surface area contributed by atoms with E-state index in [4.69, 9.17) is 0 Å². The summed E-state index contributed by atoms with van der Waals surface area (Å²) in [6, 6.07) is 7.33. The van der Waals surface area contributed by atoms with Gasteiger partial charge in [0.15, 0.2) is 0 Å². The maximum absolute atomic E-state index is 3.91. The Labute approximate surface area is 157 Å². The van der Waals surface area contributed by atoms with E-state index in [0.717, 1.165) is 11.1 Å². The van der Waals surface area contributed by atoms with Crippen LogP contribution >= 0.6 is 0 Å². The van der Waals surface area contributed by atoms with Gasteiger partial charge in [-0.15, -0.1) is 0 Å². The Hall–Kier alpha value is -2.52. The molecule has 0 N–H and O–H groups in total. The van der Waals surface area contributed by atoms with Gasteiger partial charge in [0, 0.05) is 47.6 Å². The summed E-state index contributed by atoms with van der Waals surface area (Å²) in [5.74, 6) is 1.02. The summed E-state index contributed by atoms with van der Waals surface area (Å²) in [5.41, 5.74) is 1.66. The zero-order chi connectivity index (χ0) is 15.0. The van der Waals surface area contributed by atoms with Crippen LogP contribution < -0.4 is 10.2 Å². The fraction of sp³-hybridized carbons (Fsp3) is 0. The molecule has 0 bridgehead atoms. The van der Waals surface area contributed by atoms with Crippen molar-refractivity contribution in [2.75, 3.05) is 0 Å². The third-order valence-electron chi connectivity index (χ3n) is 2.48. The van der Waals surface area contributed by atoms with Crippen molar-refractivity contribution < 1.29 is 34.1 Å². The summed E-state index contributed by atoms with van der Waals surface area (Å²) in [4.78, 5) is 7.81. The number of rotatable bonds is 2. The number of aromatic nitrogens is 10. The van der Waals surface area contributed by atoms with Crippen LogP contribution in [0.5, 0.6) is 0 Å². The van der Waals surface area contributed by atoms with Gasteiger partial charge in [-0.3, -0.25) is 30.6 Å². The van der Waals surface area contributed by atoms with E-state index in [1.54, 1.807) is 24.8 Å². The van der Waals surface area contributed by atoms with Crippen LogP contribution in [0.2, 0.25) is 0 Å². The van der Waals surface area contributed by atoms with Gasteiger partial charge < -0.3 is 10.2 Å². The fourth-order valence-corrected chi connectivity index (χ4v) is 1.51. The minimum absolute atomic E-state index is 0. The summed E-state index contributed by atoms with van der Waals surface area (Å²) in [7, 11) is 0. The SMILES string of the molecule is [Cu+].[Cu+].c1cncc(-c2nnn[n-]2)c1.c1cncc(-c2nnn[n-]2)c1. The Morgan fingerprint density at radius 3 is 1.42 bits per heavy atom. The Kier molecular flexibility index (Phi) is 8.37. The monoisotopic (exact) mass is 418 g/mol. The second kappa shape index (κ2) is 10.3. The smallest absolute Gasteiger partial charge is 0.330 e. The molecule has 128 valence electrons. The van der Waals surface area contributed by atoms with Gasteiger partial charge in [0.1, 0.15) is 0 Å². The van der Waals surface area contributed by atoms with Gasteiger partial charge in [-0.25, -0.2) is 0 Å². The third kappa shape index (κ3) is 5.28. The maximum atomic E-state index is 3.91. The molecule has 24 heavy (non-hydrogen) atoms. The van der Waals surface area contributed by atoms with Gasteiger partial charge in [-0.2, -0.15) is 10.4 Å². The van der Waals surface area contributed by atoms with Gasteiger partial charge in [0.2, 0.25) is 0 Å². The fourth-order valence-electron chi connectivity index (χ4n) is 1.51. The molecule has 0 aliphatic carbocycles. The van der Waals surface area contributed by atoms with Crippen LogP contribution in [0.3, 0.4) is 0 Å². The largest absolute Gasteiger partial charge is 1.00 e. The molecule has 4 rings (SSSR count). The van der Waals surface area contributed by atoms with Crippen molar-refractivity contribution in [3.05, 3.63) is 49.1 Å². The first-order chi connectivity index (χ1) is 10.9. The normalized spacial score (nSPS) is 9.00. The Bertz CT molecular complexity index is 708. The number of hydrogen-bond acceptors (Lipinski definition) is 8. The van der Waals surface area contributed by atoms with E-state index in [0.29, 0.717) is 11.6 Å². The first-order valence-corrected chi connectivity index (χ1v) is 6.12. The van der Waals surface area contributed by atoms with Crippen molar-refractivity contribution in [3.63, 3.8) is 0 Å². The van der Waals surface area contributed by atoms with E-state index in [2.05, 4.69) is 51.2 Å². The molecule has 0 fully saturated rings. The topological polar surface area (TPSA) is 131 Å². The molecule has 12 heteroatoms. The molecule has 0 aromatic carbocycles. The number of tetrazole rings is 2. The van der Waals surface area contributed by atoms with Gasteiger partial charge in [0.25, 0.3) is 0 Å². The molecule has 0 aliphatic heterocycles. The Morgan fingerprint density at radius 2 is 1.12 bits per heavy atom. The van der Waals surface area contributed by atoms with Crippen molar-refractivity contribution in [1.29, 1.82) is 0 Å². The molecule has 0 saturated carbocycles. The zero-order valence-electron chi connectivity index (χ0n) is 11.7. The average molecular weight is 419 g/mol. The first kappa shape index (κ1) is 19.5. The van der Waals surface area contributed by atoms with Gasteiger partial charge in [-0.05, 0) is 12.1 Å². The zero-order valence-corrected chi connectivity index (χ0v) is 13.6. The van der Waals surface area contributed by atoms with Crippen LogP contribution in [0.25, 0.3) is 22.8 Å². The molecule has 4 heterocycles. The molecule has 10 nitrogen and oxygen atoms in total. The summed E-state index contributed by atoms with van der Waals surface area (Å²) in [5, 5.41) is 28.1. The summed E-state index contributed by atoms with van der Waals surface area (Å²) < 4.78 is 0. The Morgan fingerprint density at radius 1 is 0.667 bits per heavy atom. The van der Waals surface area contributed by atoms with Crippen LogP contribution in [0.1, 0.15) is 0 Å². The van der Waals surface area contributed by atoms with Crippen LogP contribution in [-0.4, -0.2) is 41.0 Å². The molecule has 4 aromatic rings. The predicted octanol–water partition coefficient (Wildman–Crippen LogP) is -0.223.